The van der Waals surface area contributed by atoms with E-state index in [0.29, 0.717) is 10.8 Å². The molecule has 1 aliphatic heterocycles. The Kier molecular flexibility index (Phi) is 5.19. The van der Waals surface area contributed by atoms with Gasteiger partial charge in [-0.05, 0) is 24.1 Å². The molecule has 0 aromatic heterocycles. The predicted octanol–water partition coefficient (Wildman–Crippen LogP) is 3.01. The van der Waals surface area contributed by atoms with Crippen LogP contribution in [-0.4, -0.2) is 27.4 Å². The Balaban J connectivity index is 2.13. The van der Waals surface area contributed by atoms with Crippen molar-refractivity contribution in [1.29, 1.82) is 0 Å². The Hall–Kier alpha value is -1.17. The first kappa shape index (κ1) is 16.2. The number of rotatable bonds is 4. The summed E-state index contributed by atoms with van der Waals surface area (Å²) < 4.78 is 35.6. The summed E-state index contributed by atoms with van der Waals surface area (Å²) in [5.74, 6) is 0.478. The SMILES string of the molecule is CC(C)[C@@H]1OCOC(/C=C/S(=O)(=O)c2ccccc2)[C@@H]1C. The standard InChI is InChI=1S/C16H22O4S/c1-12(2)16-13(3)15(19-11-20-16)9-10-21(17,18)14-7-5-4-6-8-14/h4-10,12-13,15-16H,11H2,1-3H3/b10-9+/t13-,15?,16-/m0/s1. The predicted molar refractivity (Wildman–Crippen MR) is 81.4 cm³/mol. The highest BCUT2D eigenvalue weighted by Crippen LogP contribution is 2.27. The van der Waals surface area contributed by atoms with Gasteiger partial charge in [-0.2, -0.15) is 0 Å². The average Bonchev–Trinajstić information content (AvgIpc) is 2.47. The number of benzene rings is 1. The second-order valence-corrected chi connectivity index (χ2v) is 7.50. The van der Waals surface area contributed by atoms with E-state index in [4.69, 9.17) is 9.47 Å². The fourth-order valence-electron chi connectivity index (χ4n) is 2.59. The second kappa shape index (κ2) is 6.73. The number of hydrogen-bond donors (Lipinski definition) is 0. The minimum absolute atomic E-state index is 0.0767. The molecule has 1 fully saturated rings. The van der Waals surface area contributed by atoms with Gasteiger partial charge in [0.15, 0.2) is 9.84 Å². The maximum atomic E-state index is 12.2. The highest BCUT2D eigenvalue weighted by atomic mass is 32.2. The van der Waals surface area contributed by atoms with E-state index < -0.39 is 9.84 Å². The highest BCUT2D eigenvalue weighted by molar-refractivity contribution is 7.94. The van der Waals surface area contributed by atoms with Crippen LogP contribution in [-0.2, 0) is 19.3 Å². The van der Waals surface area contributed by atoms with E-state index in [1.54, 1.807) is 36.4 Å². The summed E-state index contributed by atoms with van der Waals surface area (Å²) in [4.78, 5) is 0.293. The van der Waals surface area contributed by atoms with E-state index in [9.17, 15) is 8.42 Å². The first-order chi connectivity index (χ1) is 9.92. The molecule has 1 heterocycles. The van der Waals surface area contributed by atoms with E-state index in [-0.39, 0.29) is 24.9 Å². The summed E-state index contributed by atoms with van der Waals surface area (Å²) >= 11 is 0. The van der Waals surface area contributed by atoms with Crippen LogP contribution < -0.4 is 0 Å². The molecule has 0 bridgehead atoms. The molecule has 2 rings (SSSR count). The topological polar surface area (TPSA) is 52.6 Å². The van der Waals surface area contributed by atoms with E-state index in [1.165, 1.54) is 5.41 Å². The van der Waals surface area contributed by atoms with Crippen LogP contribution in [0.4, 0.5) is 0 Å². The molecule has 0 radical (unpaired) electrons. The quantitative estimate of drug-likeness (QED) is 0.858. The van der Waals surface area contributed by atoms with Crippen molar-refractivity contribution in [2.45, 2.75) is 37.9 Å². The Labute approximate surface area is 126 Å². The van der Waals surface area contributed by atoms with Crippen LogP contribution in [0.2, 0.25) is 0 Å². The molecular weight excluding hydrogens is 288 g/mol. The summed E-state index contributed by atoms with van der Waals surface area (Å²) in [6.45, 7) is 6.41. The Morgan fingerprint density at radius 1 is 1.19 bits per heavy atom. The monoisotopic (exact) mass is 310 g/mol. The van der Waals surface area contributed by atoms with Gasteiger partial charge < -0.3 is 9.47 Å². The molecule has 0 spiro atoms. The van der Waals surface area contributed by atoms with Crippen molar-refractivity contribution in [3.05, 3.63) is 41.8 Å². The lowest BCUT2D eigenvalue weighted by molar-refractivity contribution is -0.201. The van der Waals surface area contributed by atoms with Gasteiger partial charge in [0.2, 0.25) is 0 Å². The lowest BCUT2D eigenvalue weighted by Crippen LogP contribution is -2.41. The molecule has 116 valence electrons. The van der Waals surface area contributed by atoms with Crippen molar-refractivity contribution < 1.29 is 17.9 Å². The molecule has 5 heteroatoms. The van der Waals surface area contributed by atoms with Gasteiger partial charge in [-0.15, -0.1) is 0 Å². The van der Waals surface area contributed by atoms with E-state index in [2.05, 4.69) is 13.8 Å². The van der Waals surface area contributed by atoms with Crippen molar-refractivity contribution in [3.8, 4) is 0 Å². The third-order valence-corrected chi connectivity index (χ3v) is 5.18. The van der Waals surface area contributed by atoms with Crippen LogP contribution in [0.5, 0.6) is 0 Å². The van der Waals surface area contributed by atoms with Crippen LogP contribution in [0.25, 0.3) is 0 Å². The van der Waals surface area contributed by atoms with Gasteiger partial charge in [-0.1, -0.05) is 39.0 Å². The number of hydrogen-bond acceptors (Lipinski definition) is 4. The molecule has 0 amide bonds. The summed E-state index contributed by atoms with van der Waals surface area (Å²) in [5, 5.41) is 1.24. The number of ether oxygens (including phenoxy) is 2. The summed E-state index contributed by atoms with van der Waals surface area (Å²) in [7, 11) is -3.42. The highest BCUT2D eigenvalue weighted by Gasteiger charge is 2.32. The van der Waals surface area contributed by atoms with Crippen molar-refractivity contribution >= 4 is 9.84 Å². The summed E-state index contributed by atoms with van der Waals surface area (Å²) in [6, 6.07) is 8.39. The van der Waals surface area contributed by atoms with Crippen LogP contribution >= 0.6 is 0 Å². The third-order valence-electron chi connectivity index (χ3n) is 3.73. The molecule has 0 aliphatic carbocycles. The zero-order valence-electron chi connectivity index (χ0n) is 12.6. The molecule has 4 nitrogen and oxygen atoms in total. The van der Waals surface area contributed by atoms with E-state index >= 15 is 0 Å². The molecule has 1 aromatic carbocycles. The van der Waals surface area contributed by atoms with E-state index in [0.717, 1.165) is 0 Å². The van der Waals surface area contributed by atoms with Crippen molar-refractivity contribution in [3.63, 3.8) is 0 Å². The summed E-state index contributed by atoms with van der Waals surface area (Å²) in [6.07, 6.45) is 1.46. The van der Waals surface area contributed by atoms with E-state index in [1.807, 2.05) is 6.92 Å². The molecule has 21 heavy (non-hydrogen) atoms. The number of sulfone groups is 1. The molecule has 0 N–H and O–H groups in total. The van der Waals surface area contributed by atoms with Gasteiger partial charge in [0.05, 0.1) is 17.1 Å². The zero-order valence-corrected chi connectivity index (χ0v) is 13.4. The molecule has 0 saturated carbocycles. The van der Waals surface area contributed by atoms with Crippen LogP contribution in [0.3, 0.4) is 0 Å². The van der Waals surface area contributed by atoms with Crippen molar-refractivity contribution in [1.82, 2.24) is 0 Å². The molecule has 1 aliphatic rings. The van der Waals surface area contributed by atoms with Crippen LogP contribution in [0.1, 0.15) is 20.8 Å². The van der Waals surface area contributed by atoms with Gasteiger partial charge in [0.25, 0.3) is 0 Å². The van der Waals surface area contributed by atoms with Crippen molar-refractivity contribution in [2.75, 3.05) is 6.79 Å². The van der Waals surface area contributed by atoms with Crippen molar-refractivity contribution in [2.24, 2.45) is 11.8 Å². The van der Waals surface area contributed by atoms with Gasteiger partial charge in [0.1, 0.15) is 6.79 Å². The van der Waals surface area contributed by atoms with Gasteiger partial charge in [0, 0.05) is 11.3 Å². The van der Waals surface area contributed by atoms with Gasteiger partial charge in [-0.25, -0.2) is 8.42 Å². The minimum Gasteiger partial charge on any atom is -0.352 e. The smallest absolute Gasteiger partial charge is 0.199 e. The maximum absolute atomic E-state index is 12.2. The minimum atomic E-state index is -3.42. The Bertz CT molecular complexity index is 578. The van der Waals surface area contributed by atoms with Crippen LogP contribution in [0, 0.1) is 11.8 Å². The maximum Gasteiger partial charge on any atom is 0.199 e. The normalized spacial score (nSPS) is 27.3. The fourth-order valence-corrected chi connectivity index (χ4v) is 3.64. The van der Waals surface area contributed by atoms with Gasteiger partial charge >= 0.3 is 0 Å². The molecule has 1 aromatic rings. The molecule has 1 unspecified atom stereocenters. The Morgan fingerprint density at radius 3 is 2.48 bits per heavy atom. The second-order valence-electron chi connectivity index (χ2n) is 5.67. The average molecular weight is 310 g/mol. The lowest BCUT2D eigenvalue weighted by Gasteiger charge is -2.36. The largest absolute Gasteiger partial charge is 0.352 e. The Morgan fingerprint density at radius 2 is 1.86 bits per heavy atom. The summed E-state index contributed by atoms with van der Waals surface area (Å²) in [5.41, 5.74) is 0. The fraction of sp³-hybridized carbons (Fsp3) is 0.500. The van der Waals surface area contributed by atoms with Crippen LogP contribution in [0.15, 0.2) is 46.7 Å². The zero-order chi connectivity index (χ0) is 15.5. The first-order valence-electron chi connectivity index (χ1n) is 7.13. The molecule has 3 atom stereocenters. The molecular formula is C16H22O4S. The lowest BCUT2D eigenvalue weighted by atomic mass is 9.89. The van der Waals surface area contributed by atoms with Gasteiger partial charge in [-0.3, -0.25) is 0 Å². The third kappa shape index (κ3) is 3.93. The molecule has 1 saturated heterocycles. The first-order valence-corrected chi connectivity index (χ1v) is 8.68.